The zero-order valence-electron chi connectivity index (χ0n) is 16.1. The molecule has 7 nitrogen and oxygen atoms in total. The van der Waals surface area contributed by atoms with Crippen molar-refractivity contribution in [2.24, 2.45) is 4.99 Å². The van der Waals surface area contributed by atoms with Gasteiger partial charge in [0.2, 0.25) is 0 Å². The quantitative estimate of drug-likeness (QED) is 0.628. The SMILES string of the molecule is CN=C(NCC(C)Oc1cccc(F)c1)N1CCN(C(=O)c2ccco2)CC1. The van der Waals surface area contributed by atoms with Gasteiger partial charge in [-0.25, -0.2) is 4.39 Å². The number of nitrogens with one attached hydrogen (secondary N) is 1. The first-order valence-electron chi connectivity index (χ1n) is 9.27. The maximum absolute atomic E-state index is 13.3. The Morgan fingerprint density at radius 1 is 1.25 bits per heavy atom. The van der Waals surface area contributed by atoms with E-state index in [2.05, 4.69) is 15.2 Å². The molecule has 1 aliphatic heterocycles. The van der Waals surface area contributed by atoms with E-state index in [4.69, 9.17) is 9.15 Å². The summed E-state index contributed by atoms with van der Waals surface area (Å²) < 4.78 is 24.2. The third-order valence-corrected chi connectivity index (χ3v) is 4.49. The summed E-state index contributed by atoms with van der Waals surface area (Å²) in [5.41, 5.74) is 0. The molecule has 0 saturated carbocycles. The van der Waals surface area contributed by atoms with E-state index in [0.29, 0.717) is 44.2 Å². The highest BCUT2D eigenvalue weighted by Crippen LogP contribution is 2.14. The van der Waals surface area contributed by atoms with Gasteiger partial charge in [0.1, 0.15) is 17.7 Å². The summed E-state index contributed by atoms with van der Waals surface area (Å²) in [6, 6.07) is 9.48. The summed E-state index contributed by atoms with van der Waals surface area (Å²) in [5.74, 6) is 1.19. The molecule has 8 heteroatoms. The third kappa shape index (κ3) is 5.03. The summed E-state index contributed by atoms with van der Waals surface area (Å²) in [6.45, 7) is 4.96. The fourth-order valence-corrected chi connectivity index (χ4v) is 3.06. The van der Waals surface area contributed by atoms with Crippen molar-refractivity contribution in [3.8, 4) is 5.75 Å². The average Bonchev–Trinajstić information content (AvgIpc) is 3.23. The first-order chi connectivity index (χ1) is 13.6. The molecule has 3 rings (SSSR count). The molecule has 2 heterocycles. The molecule has 1 aliphatic rings. The van der Waals surface area contributed by atoms with Gasteiger partial charge in [0, 0.05) is 39.3 Å². The maximum atomic E-state index is 13.3. The topological polar surface area (TPSA) is 70.3 Å². The maximum Gasteiger partial charge on any atom is 0.289 e. The zero-order valence-corrected chi connectivity index (χ0v) is 16.1. The van der Waals surface area contributed by atoms with Crippen LogP contribution in [0.2, 0.25) is 0 Å². The molecule has 0 bridgehead atoms. The first kappa shape index (κ1) is 19.7. The first-order valence-corrected chi connectivity index (χ1v) is 9.27. The minimum atomic E-state index is -0.324. The number of amides is 1. The highest BCUT2D eigenvalue weighted by molar-refractivity contribution is 5.91. The number of halogens is 1. The zero-order chi connectivity index (χ0) is 19.9. The van der Waals surface area contributed by atoms with Crippen LogP contribution >= 0.6 is 0 Å². The van der Waals surface area contributed by atoms with Crippen LogP contribution in [0.3, 0.4) is 0 Å². The van der Waals surface area contributed by atoms with Crippen molar-refractivity contribution in [2.75, 3.05) is 39.8 Å². The molecule has 1 N–H and O–H groups in total. The molecule has 1 saturated heterocycles. The van der Waals surface area contributed by atoms with Crippen molar-refractivity contribution < 1.29 is 18.3 Å². The Morgan fingerprint density at radius 3 is 2.64 bits per heavy atom. The van der Waals surface area contributed by atoms with Crippen molar-refractivity contribution in [2.45, 2.75) is 13.0 Å². The molecule has 2 aromatic rings. The Hall–Kier alpha value is -3.03. The highest BCUT2D eigenvalue weighted by Gasteiger charge is 2.25. The Labute approximate surface area is 163 Å². The Kier molecular flexibility index (Phi) is 6.52. The molecule has 1 amide bonds. The van der Waals surface area contributed by atoms with Gasteiger partial charge in [-0.2, -0.15) is 0 Å². The number of furan rings is 1. The fourth-order valence-electron chi connectivity index (χ4n) is 3.06. The van der Waals surface area contributed by atoms with Crippen molar-refractivity contribution in [1.29, 1.82) is 0 Å². The average molecular weight is 388 g/mol. The second-order valence-electron chi connectivity index (χ2n) is 6.57. The summed E-state index contributed by atoms with van der Waals surface area (Å²) in [4.78, 5) is 20.5. The monoisotopic (exact) mass is 388 g/mol. The van der Waals surface area contributed by atoms with Gasteiger partial charge in [-0.1, -0.05) is 6.07 Å². The highest BCUT2D eigenvalue weighted by atomic mass is 19.1. The van der Waals surface area contributed by atoms with Crippen LogP contribution in [0.1, 0.15) is 17.5 Å². The van der Waals surface area contributed by atoms with Gasteiger partial charge in [0.05, 0.1) is 12.8 Å². The van der Waals surface area contributed by atoms with Crippen LogP contribution in [0.5, 0.6) is 5.75 Å². The van der Waals surface area contributed by atoms with E-state index in [1.807, 2.05) is 6.92 Å². The number of piperazine rings is 1. The van der Waals surface area contributed by atoms with E-state index in [-0.39, 0.29) is 17.8 Å². The van der Waals surface area contributed by atoms with Crippen molar-refractivity contribution in [3.05, 3.63) is 54.2 Å². The van der Waals surface area contributed by atoms with Gasteiger partial charge in [0.15, 0.2) is 11.7 Å². The van der Waals surface area contributed by atoms with E-state index in [0.717, 1.165) is 5.96 Å². The number of ether oxygens (including phenoxy) is 1. The number of carbonyl (C=O) groups excluding carboxylic acids is 1. The van der Waals surface area contributed by atoms with E-state index >= 15 is 0 Å². The lowest BCUT2D eigenvalue weighted by Crippen LogP contribution is -2.54. The minimum Gasteiger partial charge on any atom is -0.489 e. The molecule has 0 radical (unpaired) electrons. The van der Waals surface area contributed by atoms with Crippen molar-refractivity contribution >= 4 is 11.9 Å². The summed E-state index contributed by atoms with van der Waals surface area (Å²) in [5, 5.41) is 3.28. The summed E-state index contributed by atoms with van der Waals surface area (Å²) >= 11 is 0. The van der Waals surface area contributed by atoms with E-state index in [9.17, 15) is 9.18 Å². The third-order valence-electron chi connectivity index (χ3n) is 4.49. The van der Waals surface area contributed by atoms with Gasteiger partial charge in [-0.05, 0) is 31.2 Å². The molecule has 0 aliphatic carbocycles. The number of guanidine groups is 1. The molecular formula is C20H25FN4O3. The number of benzene rings is 1. The molecule has 1 unspecified atom stereocenters. The Bertz CT molecular complexity index is 802. The molecule has 150 valence electrons. The predicted octanol–water partition coefficient (Wildman–Crippen LogP) is 2.22. The molecular weight excluding hydrogens is 363 g/mol. The van der Waals surface area contributed by atoms with E-state index in [1.165, 1.54) is 18.4 Å². The van der Waals surface area contributed by atoms with Gasteiger partial charge in [0.25, 0.3) is 5.91 Å². The van der Waals surface area contributed by atoms with Crippen LogP contribution in [-0.4, -0.2) is 67.5 Å². The van der Waals surface area contributed by atoms with Gasteiger partial charge >= 0.3 is 0 Å². The number of hydrogen-bond acceptors (Lipinski definition) is 4. The second-order valence-corrected chi connectivity index (χ2v) is 6.57. The number of rotatable bonds is 5. The Balaban J connectivity index is 1.46. The van der Waals surface area contributed by atoms with Crippen LogP contribution in [0, 0.1) is 5.82 Å². The largest absolute Gasteiger partial charge is 0.489 e. The number of hydrogen-bond donors (Lipinski definition) is 1. The molecule has 0 spiro atoms. The molecule has 1 aromatic carbocycles. The lowest BCUT2D eigenvalue weighted by atomic mass is 10.3. The molecule has 1 fully saturated rings. The number of carbonyl (C=O) groups is 1. The van der Waals surface area contributed by atoms with Gasteiger partial charge in [-0.3, -0.25) is 9.79 Å². The van der Waals surface area contributed by atoms with E-state index < -0.39 is 0 Å². The number of aliphatic imine (C=N–C) groups is 1. The normalized spacial score (nSPS) is 16.0. The Morgan fingerprint density at radius 2 is 2.00 bits per heavy atom. The molecule has 28 heavy (non-hydrogen) atoms. The molecule has 1 atom stereocenters. The van der Waals surface area contributed by atoms with Crippen molar-refractivity contribution in [3.63, 3.8) is 0 Å². The summed E-state index contributed by atoms with van der Waals surface area (Å²) in [6.07, 6.45) is 1.34. The van der Waals surface area contributed by atoms with Crippen molar-refractivity contribution in [1.82, 2.24) is 15.1 Å². The van der Waals surface area contributed by atoms with Crippen LogP contribution in [0.25, 0.3) is 0 Å². The number of nitrogens with zero attached hydrogens (tertiary/aromatic N) is 3. The minimum absolute atomic E-state index is 0.0929. The standard InChI is InChI=1S/C20H25FN4O3/c1-15(28-17-6-3-5-16(21)13-17)14-23-20(22-2)25-10-8-24(9-11-25)19(26)18-7-4-12-27-18/h3-7,12-13,15H,8-11,14H2,1-2H3,(H,22,23). The van der Waals surface area contributed by atoms with Crippen LogP contribution in [0.4, 0.5) is 4.39 Å². The smallest absolute Gasteiger partial charge is 0.289 e. The van der Waals surface area contributed by atoms with E-state index in [1.54, 1.807) is 36.2 Å². The van der Waals surface area contributed by atoms with Crippen LogP contribution < -0.4 is 10.1 Å². The van der Waals surface area contributed by atoms with Gasteiger partial charge in [-0.15, -0.1) is 0 Å². The fraction of sp³-hybridized carbons (Fsp3) is 0.400. The molecule has 1 aromatic heterocycles. The predicted molar refractivity (Wildman–Crippen MR) is 104 cm³/mol. The van der Waals surface area contributed by atoms with Crippen LogP contribution in [-0.2, 0) is 0 Å². The summed E-state index contributed by atoms with van der Waals surface area (Å²) in [7, 11) is 1.72. The van der Waals surface area contributed by atoms with Crippen LogP contribution in [0.15, 0.2) is 52.1 Å². The van der Waals surface area contributed by atoms with Gasteiger partial charge < -0.3 is 24.3 Å². The lowest BCUT2D eigenvalue weighted by Gasteiger charge is -2.36. The lowest BCUT2D eigenvalue weighted by molar-refractivity contribution is 0.0657. The second kappa shape index (κ2) is 9.25.